The Morgan fingerprint density at radius 2 is 2.06 bits per heavy atom. The van der Waals surface area contributed by atoms with E-state index in [2.05, 4.69) is 20.3 Å². The maximum Gasteiger partial charge on any atom is 0.152 e. The van der Waals surface area contributed by atoms with Gasteiger partial charge >= 0.3 is 0 Å². The van der Waals surface area contributed by atoms with Gasteiger partial charge in [-0.05, 0) is 6.07 Å². The van der Waals surface area contributed by atoms with Crippen molar-refractivity contribution in [3.05, 3.63) is 36.4 Å². The predicted octanol–water partition coefficient (Wildman–Crippen LogP) is 1.45. The van der Waals surface area contributed by atoms with Gasteiger partial charge < -0.3 is 5.32 Å². The summed E-state index contributed by atoms with van der Waals surface area (Å²) in [6, 6.07) is 3.78. The highest BCUT2D eigenvalue weighted by Crippen LogP contribution is 2.22. The molecular formula is C11H9N5. The lowest BCUT2D eigenvalue weighted by atomic mass is 10.1. The van der Waals surface area contributed by atoms with Crippen LogP contribution in [0.2, 0.25) is 0 Å². The number of hydrogen-bond donors (Lipinski definition) is 1. The van der Waals surface area contributed by atoms with Gasteiger partial charge in [0.2, 0.25) is 0 Å². The molecule has 0 bridgehead atoms. The van der Waals surface area contributed by atoms with Gasteiger partial charge in [0.05, 0.1) is 5.56 Å². The fourth-order valence-electron chi connectivity index (χ4n) is 1.36. The average Bonchev–Trinajstić information content (AvgIpc) is 2.38. The lowest BCUT2D eigenvalue weighted by Gasteiger charge is -2.05. The third-order valence-corrected chi connectivity index (χ3v) is 2.08. The summed E-state index contributed by atoms with van der Waals surface area (Å²) < 4.78 is 0. The second kappa shape index (κ2) is 4.36. The van der Waals surface area contributed by atoms with Crippen molar-refractivity contribution in [2.45, 2.75) is 0 Å². The van der Waals surface area contributed by atoms with Crippen LogP contribution in [0.3, 0.4) is 0 Å². The Balaban J connectivity index is 2.54. The number of pyridine rings is 1. The first-order valence-corrected chi connectivity index (χ1v) is 4.69. The molecule has 0 atom stereocenters. The molecule has 0 fully saturated rings. The largest absolute Gasteiger partial charge is 0.371 e. The Labute approximate surface area is 92.8 Å². The molecule has 0 amide bonds. The molecule has 0 spiro atoms. The first-order valence-electron chi connectivity index (χ1n) is 4.69. The van der Waals surface area contributed by atoms with Gasteiger partial charge in [-0.2, -0.15) is 5.26 Å². The molecule has 2 aromatic heterocycles. The summed E-state index contributed by atoms with van der Waals surface area (Å²) in [5.74, 6) is 0.666. The van der Waals surface area contributed by atoms with E-state index in [-0.39, 0.29) is 0 Å². The van der Waals surface area contributed by atoms with Gasteiger partial charge in [-0.15, -0.1) is 0 Å². The first-order chi connectivity index (χ1) is 7.85. The van der Waals surface area contributed by atoms with Crippen molar-refractivity contribution < 1.29 is 0 Å². The summed E-state index contributed by atoms with van der Waals surface area (Å²) >= 11 is 0. The lowest BCUT2D eigenvalue weighted by molar-refractivity contribution is 1.18. The van der Waals surface area contributed by atoms with Gasteiger partial charge in [0, 0.05) is 37.4 Å². The molecule has 5 nitrogen and oxygen atoms in total. The molecule has 0 unspecified atom stereocenters. The molecule has 16 heavy (non-hydrogen) atoms. The van der Waals surface area contributed by atoms with Crippen LogP contribution in [0.4, 0.5) is 5.82 Å². The topological polar surface area (TPSA) is 74.5 Å². The number of rotatable bonds is 2. The highest BCUT2D eigenvalue weighted by atomic mass is 15.0. The van der Waals surface area contributed by atoms with E-state index >= 15 is 0 Å². The zero-order valence-corrected chi connectivity index (χ0v) is 8.68. The number of aromatic nitrogens is 3. The zero-order valence-electron chi connectivity index (χ0n) is 8.68. The Bertz CT molecular complexity index is 544. The molecule has 2 heterocycles. The highest BCUT2D eigenvalue weighted by molar-refractivity contribution is 5.71. The summed E-state index contributed by atoms with van der Waals surface area (Å²) in [6.45, 7) is 0. The van der Waals surface area contributed by atoms with Gasteiger partial charge in [0.15, 0.2) is 5.82 Å². The van der Waals surface area contributed by atoms with Gasteiger partial charge in [-0.25, -0.2) is 4.98 Å². The van der Waals surface area contributed by atoms with E-state index in [9.17, 15) is 0 Å². The summed E-state index contributed by atoms with van der Waals surface area (Å²) in [4.78, 5) is 12.4. The van der Waals surface area contributed by atoms with Crippen LogP contribution in [-0.4, -0.2) is 22.0 Å². The Hall–Kier alpha value is -2.48. The van der Waals surface area contributed by atoms with Crippen molar-refractivity contribution in [3.8, 4) is 17.3 Å². The molecule has 0 saturated carbocycles. The van der Waals surface area contributed by atoms with Crippen molar-refractivity contribution in [1.82, 2.24) is 15.0 Å². The van der Waals surface area contributed by atoms with E-state index < -0.39 is 0 Å². The quantitative estimate of drug-likeness (QED) is 0.813. The molecule has 2 rings (SSSR count). The molecule has 2 aromatic rings. The zero-order chi connectivity index (χ0) is 11.4. The maximum absolute atomic E-state index is 8.79. The van der Waals surface area contributed by atoms with Crippen molar-refractivity contribution in [1.29, 1.82) is 5.26 Å². The number of hydrogen-bond acceptors (Lipinski definition) is 5. The minimum Gasteiger partial charge on any atom is -0.371 e. The van der Waals surface area contributed by atoms with Gasteiger partial charge in [-0.3, -0.25) is 9.97 Å². The second-order valence-corrected chi connectivity index (χ2v) is 3.08. The normalized spacial score (nSPS) is 9.50. The highest BCUT2D eigenvalue weighted by Gasteiger charge is 2.07. The third kappa shape index (κ3) is 1.81. The van der Waals surface area contributed by atoms with E-state index in [1.807, 2.05) is 6.07 Å². The summed E-state index contributed by atoms with van der Waals surface area (Å²) in [7, 11) is 1.77. The fraction of sp³-hybridized carbons (Fsp3) is 0.0909. The monoisotopic (exact) mass is 211 g/mol. The van der Waals surface area contributed by atoms with Crippen LogP contribution < -0.4 is 5.32 Å². The van der Waals surface area contributed by atoms with Gasteiger partial charge in [0.1, 0.15) is 11.8 Å². The van der Waals surface area contributed by atoms with Crippen LogP contribution in [0, 0.1) is 11.3 Å². The molecular weight excluding hydrogens is 202 g/mol. The molecule has 0 saturated heterocycles. The van der Waals surface area contributed by atoms with Crippen LogP contribution in [0.1, 0.15) is 5.56 Å². The molecule has 78 valence electrons. The molecule has 0 aliphatic heterocycles. The number of nitrogens with one attached hydrogen (secondary N) is 1. The van der Waals surface area contributed by atoms with Crippen molar-refractivity contribution in [3.63, 3.8) is 0 Å². The molecule has 0 aliphatic carbocycles. The molecule has 1 N–H and O–H groups in total. The van der Waals surface area contributed by atoms with Crippen LogP contribution in [0.15, 0.2) is 30.9 Å². The van der Waals surface area contributed by atoms with Crippen LogP contribution in [-0.2, 0) is 0 Å². The summed E-state index contributed by atoms with van der Waals surface area (Å²) in [5, 5.41) is 11.7. The first kappa shape index (κ1) is 10.1. The van der Waals surface area contributed by atoms with Crippen molar-refractivity contribution >= 4 is 5.82 Å². The Morgan fingerprint density at radius 1 is 1.25 bits per heavy atom. The number of anilines is 1. The van der Waals surface area contributed by atoms with E-state index in [4.69, 9.17) is 5.26 Å². The standard InChI is InChI=1S/C11H9N5/c1-13-11-10(15-2-3-16-11)9-4-8(5-12)6-14-7-9/h2-4,6-7H,1H3,(H,13,16). The minimum atomic E-state index is 0.505. The smallest absolute Gasteiger partial charge is 0.152 e. The van der Waals surface area contributed by atoms with Crippen molar-refractivity contribution in [2.24, 2.45) is 0 Å². The molecule has 0 aliphatic rings. The molecule has 5 heteroatoms. The fourth-order valence-corrected chi connectivity index (χ4v) is 1.36. The number of nitriles is 1. The Kier molecular flexibility index (Phi) is 2.74. The van der Waals surface area contributed by atoms with Gasteiger partial charge in [-0.1, -0.05) is 0 Å². The molecule has 0 radical (unpaired) electrons. The van der Waals surface area contributed by atoms with E-state index in [1.54, 1.807) is 31.7 Å². The Morgan fingerprint density at radius 3 is 2.81 bits per heavy atom. The molecule has 0 aromatic carbocycles. The van der Waals surface area contributed by atoms with Crippen LogP contribution in [0.5, 0.6) is 0 Å². The van der Waals surface area contributed by atoms with Crippen molar-refractivity contribution in [2.75, 3.05) is 12.4 Å². The second-order valence-electron chi connectivity index (χ2n) is 3.08. The van der Waals surface area contributed by atoms with E-state index in [0.717, 1.165) is 5.56 Å². The van der Waals surface area contributed by atoms with E-state index in [0.29, 0.717) is 17.1 Å². The number of nitrogens with zero attached hydrogens (tertiary/aromatic N) is 4. The summed E-state index contributed by atoms with van der Waals surface area (Å²) in [6.07, 6.45) is 6.39. The predicted molar refractivity (Wildman–Crippen MR) is 59.5 cm³/mol. The summed E-state index contributed by atoms with van der Waals surface area (Å²) in [5.41, 5.74) is 1.97. The lowest BCUT2D eigenvalue weighted by Crippen LogP contribution is -1.97. The maximum atomic E-state index is 8.79. The average molecular weight is 211 g/mol. The van der Waals surface area contributed by atoms with E-state index in [1.165, 1.54) is 6.20 Å². The van der Waals surface area contributed by atoms with Gasteiger partial charge in [0.25, 0.3) is 0 Å². The van der Waals surface area contributed by atoms with Crippen LogP contribution >= 0.6 is 0 Å². The third-order valence-electron chi connectivity index (χ3n) is 2.08. The SMILES string of the molecule is CNc1nccnc1-c1cncc(C#N)c1. The van der Waals surface area contributed by atoms with Crippen LogP contribution in [0.25, 0.3) is 11.3 Å². The minimum absolute atomic E-state index is 0.505.